The van der Waals surface area contributed by atoms with Crippen LogP contribution >= 0.6 is 11.6 Å². The van der Waals surface area contributed by atoms with Gasteiger partial charge in [-0.3, -0.25) is 4.79 Å². The number of hydrogen-bond donors (Lipinski definition) is 3. The van der Waals surface area contributed by atoms with Crippen LogP contribution in [-0.4, -0.2) is 29.1 Å². The van der Waals surface area contributed by atoms with E-state index in [0.717, 1.165) is 31.4 Å². The summed E-state index contributed by atoms with van der Waals surface area (Å²) < 4.78 is 44.8. The molecule has 1 fully saturated rings. The van der Waals surface area contributed by atoms with Gasteiger partial charge in [-0.2, -0.15) is 13.2 Å². The molecule has 1 amide bonds. The molecule has 168 valence electrons. The minimum Gasteiger partial charge on any atom is -0.399 e. The number of nitrogens with two attached hydrogens (primary N) is 1. The summed E-state index contributed by atoms with van der Waals surface area (Å²) in [5, 5.41) is 5.59. The second-order valence-corrected chi connectivity index (χ2v) is 7.81. The third kappa shape index (κ3) is 5.98. The van der Waals surface area contributed by atoms with E-state index < -0.39 is 11.7 Å². The van der Waals surface area contributed by atoms with Gasteiger partial charge in [0.25, 0.3) is 0 Å². The first kappa shape index (κ1) is 23.1. The van der Waals surface area contributed by atoms with Crippen LogP contribution in [0.4, 0.5) is 24.7 Å². The summed E-state index contributed by atoms with van der Waals surface area (Å²) in [5.74, 6) is 0.336. The van der Waals surface area contributed by atoms with Crippen molar-refractivity contribution in [3.63, 3.8) is 0 Å². The Morgan fingerprint density at radius 2 is 2.00 bits per heavy atom. The predicted octanol–water partition coefficient (Wildman–Crippen LogP) is 3.70. The third-order valence-electron chi connectivity index (χ3n) is 5.29. The molecule has 1 aromatic heterocycles. The summed E-state index contributed by atoms with van der Waals surface area (Å²) in [6.07, 6.45) is -0.744. The third-order valence-corrected chi connectivity index (χ3v) is 5.46. The average molecular weight is 458 g/mol. The van der Waals surface area contributed by atoms with Crippen molar-refractivity contribution in [1.82, 2.24) is 15.3 Å². The van der Waals surface area contributed by atoms with Crippen LogP contribution in [0, 0.1) is 0 Å². The Labute approximate surface area is 182 Å². The molecule has 1 saturated carbocycles. The van der Waals surface area contributed by atoms with Gasteiger partial charge in [0.1, 0.15) is 5.82 Å². The number of nitrogens with zero attached hydrogens (tertiary/aromatic N) is 2. The zero-order chi connectivity index (χ0) is 22.6. The van der Waals surface area contributed by atoms with Crippen molar-refractivity contribution < 1.29 is 22.7 Å². The summed E-state index contributed by atoms with van der Waals surface area (Å²) in [7, 11) is 1.67. The van der Waals surface area contributed by atoms with Crippen molar-refractivity contribution >= 4 is 29.5 Å². The monoisotopic (exact) mass is 457 g/mol. The molecule has 7 nitrogen and oxygen atoms in total. The molecule has 0 aliphatic heterocycles. The van der Waals surface area contributed by atoms with E-state index in [1.54, 1.807) is 7.11 Å². The number of anilines is 2. The van der Waals surface area contributed by atoms with Crippen molar-refractivity contribution in [2.24, 2.45) is 0 Å². The van der Waals surface area contributed by atoms with Gasteiger partial charge >= 0.3 is 6.18 Å². The lowest BCUT2D eigenvalue weighted by Gasteiger charge is -2.18. The molecular formula is C20H23ClF3N5O2. The maximum Gasteiger partial charge on any atom is 0.416 e. The van der Waals surface area contributed by atoms with Crippen molar-refractivity contribution in [1.29, 1.82) is 0 Å². The van der Waals surface area contributed by atoms with Crippen molar-refractivity contribution in [2.45, 2.75) is 50.6 Å². The molecule has 0 atom stereocenters. The maximum absolute atomic E-state index is 13.1. The van der Waals surface area contributed by atoms with E-state index in [4.69, 9.17) is 22.1 Å². The van der Waals surface area contributed by atoms with Gasteiger partial charge < -0.3 is 21.1 Å². The number of carbonyl (C=O) groups excluding carboxylic acids is 1. The molecule has 1 aliphatic carbocycles. The highest BCUT2D eigenvalue weighted by atomic mass is 35.5. The SMILES string of the molecule is COC1(CCc2nc(Cl)nc(NCc3cc(N)cc(C(F)(F)F)c3)c2CNC=O)CC1. The molecule has 3 rings (SSSR count). The number of carbonyl (C=O) groups is 1. The van der Waals surface area contributed by atoms with Crippen LogP contribution in [0.5, 0.6) is 0 Å². The van der Waals surface area contributed by atoms with Crippen LogP contribution in [0.3, 0.4) is 0 Å². The molecule has 1 aliphatic rings. The highest BCUT2D eigenvalue weighted by Crippen LogP contribution is 2.43. The van der Waals surface area contributed by atoms with Crippen LogP contribution in [0.1, 0.15) is 41.6 Å². The largest absolute Gasteiger partial charge is 0.416 e. The van der Waals surface area contributed by atoms with Gasteiger partial charge in [0, 0.05) is 31.5 Å². The number of nitrogens with one attached hydrogen (secondary N) is 2. The van der Waals surface area contributed by atoms with Gasteiger partial charge in [-0.25, -0.2) is 9.97 Å². The first-order chi connectivity index (χ1) is 14.7. The summed E-state index contributed by atoms with van der Waals surface area (Å²) in [5.41, 5.74) is 6.23. The van der Waals surface area contributed by atoms with E-state index in [-0.39, 0.29) is 29.7 Å². The zero-order valence-corrected chi connectivity index (χ0v) is 17.6. The Balaban J connectivity index is 1.84. The number of hydrogen-bond acceptors (Lipinski definition) is 6. The molecule has 31 heavy (non-hydrogen) atoms. The van der Waals surface area contributed by atoms with Crippen molar-refractivity contribution in [3.05, 3.63) is 45.9 Å². The van der Waals surface area contributed by atoms with Crippen LogP contribution in [-0.2, 0) is 35.2 Å². The number of alkyl halides is 3. The number of rotatable bonds is 10. The van der Waals surface area contributed by atoms with Gasteiger partial charge in [0.15, 0.2) is 0 Å². The summed E-state index contributed by atoms with van der Waals surface area (Å²) >= 11 is 6.10. The molecule has 11 heteroatoms. The lowest BCUT2D eigenvalue weighted by Crippen LogP contribution is -2.19. The number of aromatic nitrogens is 2. The van der Waals surface area contributed by atoms with E-state index in [0.29, 0.717) is 35.5 Å². The van der Waals surface area contributed by atoms with Crippen LogP contribution in [0.25, 0.3) is 0 Å². The van der Waals surface area contributed by atoms with Crippen molar-refractivity contribution in [2.75, 3.05) is 18.2 Å². The molecule has 0 bridgehead atoms. The lowest BCUT2D eigenvalue weighted by atomic mass is 10.1. The average Bonchev–Trinajstić information content (AvgIpc) is 3.49. The molecule has 0 radical (unpaired) electrons. The first-order valence-electron chi connectivity index (χ1n) is 9.64. The van der Waals surface area contributed by atoms with Gasteiger partial charge in [0.2, 0.25) is 11.7 Å². The Kier molecular flexibility index (Phi) is 6.90. The number of halogens is 4. The fraction of sp³-hybridized carbons (Fsp3) is 0.450. The minimum atomic E-state index is -4.51. The maximum atomic E-state index is 13.1. The van der Waals surface area contributed by atoms with Crippen LogP contribution in [0.2, 0.25) is 5.28 Å². The number of amides is 1. The zero-order valence-electron chi connectivity index (χ0n) is 16.9. The Hall–Kier alpha value is -2.59. The fourth-order valence-corrected chi connectivity index (χ4v) is 3.58. The Bertz CT molecular complexity index is 951. The van der Waals surface area contributed by atoms with E-state index in [1.165, 1.54) is 6.07 Å². The normalized spacial score (nSPS) is 14.9. The fourth-order valence-electron chi connectivity index (χ4n) is 3.39. The lowest BCUT2D eigenvalue weighted by molar-refractivity contribution is -0.137. The van der Waals surface area contributed by atoms with Gasteiger partial charge in [-0.05, 0) is 61.0 Å². The number of aryl methyl sites for hydroxylation is 1. The number of nitrogen functional groups attached to an aromatic ring is 1. The van der Waals surface area contributed by atoms with E-state index >= 15 is 0 Å². The summed E-state index contributed by atoms with van der Waals surface area (Å²) in [6, 6.07) is 3.35. The quantitative estimate of drug-likeness (QED) is 0.285. The van der Waals surface area contributed by atoms with E-state index in [9.17, 15) is 18.0 Å². The molecular weight excluding hydrogens is 435 g/mol. The number of methoxy groups -OCH3 is 1. The standard InChI is InChI=1S/C20H23ClF3N5O2/c1-31-19(4-5-19)3-2-16-15(10-26-11-30)17(29-18(21)28-16)27-9-12-6-13(20(22,23)24)8-14(25)7-12/h6-8,11H,2-5,9-10,25H2,1H3,(H,26,30)(H,27,28,29). The van der Waals surface area contributed by atoms with E-state index in [2.05, 4.69) is 20.6 Å². The molecule has 4 N–H and O–H groups in total. The topological polar surface area (TPSA) is 102 Å². The van der Waals surface area contributed by atoms with Gasteiger partial charge in [0.05, 0.1) is 16.9 Å². The number of benzene rings is 1. The second-order valence-electron chi connectivity index (χ2n) is 7.47. The molecule has 0 saturated heterocycles. The Morgan fingerprint density at radius 3 is 2.61 bits per heavy atom. The first-order valence-corrected chi connectivity index (χ1v) is 10.0. The summed E-state index contributed by atoms with van der Waals surface area (Å²) in [6.45, 7) is 0.167. The highest BCUT2D eigenvalue weighted by Gasteiger charge is 2.42. The summed E-state index contributed by atoms with van der Waals surface area (Å²) in [4.78, 5) is 19.3. The van der Waals surface area contributed by atoms with Crippen LogP contribution < -0.4 is 16.4 Å². The van der Waals surface area contributed by atoms with Crippen LogP contribution in [0.15, 0.2) is 18.2 Å². The van der Waals surface area contributed by atoms with Gasteiger partial charge in [-0.1, -0.05) is 0 Å². The smallest absolute Gasteiger partial charge is 0.399 e. The predicted molar refractivity (Wildman–Crippen MR) is 110 cm³/mol. The molecule has 0 spiro atoms. The molecule has 2 aromatic rings. The minimum absolute atomic E-state index is 0.00169. The highest BCUT2D eigenvalue weighted by molar-refractivity contribution is 6.28. The van der Waals surface area contributed by atoms with Crippen molar-refractivity contribution in [3.8, 4) is 0 Å². The van der Waals surface area contributed by atoms with Gasteiger partial charge in [-0.15, -0.1) is 0 Å². The number of ether oxygens (including phenoxy) is 1. The Morgan fingerprint density at radius 1 is 1.26 bits per heavy atom. The molecule has 1 heterocycles. The molecule has 1 aromatic carbocycles. The van der Waals surface area contributed by atoms with E-state index in [1.807, 2.05) is 0 Å². The second kappa shape index (κ2) is 9.27. The molecule has 0 unspecified atom stereocenters.